The SMILES string of the molecule is O=C(O)CCS(=O)(=O)CCc1ccccc1[N+](=O)[O-]. The summed E-state index contributed by atoms with van der Waals surface area (Å²) in [7, 11) is -3.52. The number of sulfone groups is 1. The zero-order valence-electron chi connectivity index (χ0n) is 9.98. The van der Waals surface area contributed by atoms with Crippen molar-refractivity contribution in [3.05, 3.63) is 39.9 Å². The van der Waals surface area contributed by atoms with Gasteiger partial charge in [-0.2, -0.15) is 0 Å². The molecule has 19 heavy (non-hydrogen) atoms. The second-order valence-electron chi connectivity index (χ2n) is 3.93. The summed E-state index contributed by atoms with van der Waals surface area (Å²) in [5.74, 6) is -1.94. The monoisotopic (exact) mass is 287 g/mol. The van der Waals surface area contributed by atoms with Gasteiger partial charge in [0.05, 0.1) is 22.8 Å². The van der Waals surface area contributed by atoms with Crippen molar-refractivity contribution in [3.8, 4) is 0 Å². The number of hydrogen-bond acceptors (Lipinski definition) is 5. The number of rotatable bonds is 7. The van der Waals surface area contributed by atoms with Gasteiger partial charge >= 0.3 is 5.97 Å². The van der Waals surface area contributed by atoms with Gasteiger partial charge in [-0.25, -0.2) is 8.42 Å². The Morgan fingerprint density at radius 1 is 1.26 bits per heavy atom. The third kappa shape index (κ3) is 5.04. The van der Waals surface area contributed by atoms with Crippen molar-refractivity contribution in [2.24, 2.45) is 0 Å². The Morgan fingerprint density at radius 3 is 2.47 bits per heavy atom. The van der Waals surface area contributed by atoms with E-state index in [-0.39, 0.29) is 17.9 Å². The molecule has 0 unspecified atom stereocenters. The Bertz CT molecular complexity index is 581. The number of hydrogen-bond donors (Lipinski definition) is 1. The summed E-state index contributed by atoms with van der Waals surface area (Å²) in [4.78, 5) is 20.5. The van der Waals surface area contributed by atoms with Crippen LogP contribution in [0.4, 0.5) is 5.69 Å². The summed E-state index contributed by atoms with van der Waals surface area (Å²) in [6.07, 6.45) is -0.460. The van der Waals surface area contributed by atoms with Gasteiger partial charge in [0.2, 0.25) is 0 Å². The van der Waals surface area contributed by atoms with Crippen molar-refractivity contribution in [1.82, 2.24) is 0 Å². The van der Waals surface area contributed by atoms with Gasteiger partial charge in [0, 0.05) is 11.6 Å². The summed E-state index contributed by atoms with van der Waals surface area (Å²) < 4.78 is 23.1. The second kappa shape index (κ2) is 6.28. The minimum atomic E-state index is -3.52. The number of nitro groups is 1. The van der Waals surface area contributed by atoms with Gasteiger partial charge in [-0.05, 0) is 6.42 Å². The number of benzene rings is 1. The predicted molar refractivity (Wildman–Crippen MR) is 67.7 cm³/mol. The first-order valence-electron chi connectivity index (χ1n) is 5.46. The lowest BCUT2D eigenvalue weighted by molar-refractivity contribution is -0.385. The molecule has 1 rings (SSSR count). The van der Waals surface area contributed by atoms with E-state index < -0.39 is 32.9 Å². The first-order chi connectivity index (χ1) is 8.82. The molecule has 1 aromatic carbocycles. The number of aryl methyl sites for hydroxylation is 1. The topological polar surface area (TPSA) is 115 Å². The van der Waals surface area contributed by atoms with Gasteiger partial charge < -0.3 is 5.11 Å². The zero-order valence-corrected chi connectivity index (χ0v) is 10.8. The minimum absolute atomic E-state index is 0.000887. The second-order valence-corrected chi connectivity index (χ2v) is 6.24. The van der Waals surface area contributed by atoms with Crippen LogP contribution in [0.2, 0.25) is 0 Å². The van der Waals surface area contributed by atoms with E-state index in [0.717, 1.165) is 0 Å². The first-order valence-corrected chi connectivity index (χ1v) is 7.28. The molecule has 0 heterocycles. The van der Waals surface area contributed by atoms with Crippen LogP contribution in [0.1, 0.15) is 12.0 Å². The molecule has 8 heteroatoms. The molecular formula is C11H13NO6S. The fourth-order valence-corrected chi connectivity index (χ4v) is 2.73. The molecule has 0 radical (unpaired) electrons. The Labute approximate surface area is 109 Å². The van der Waals surface area contributed by atoms with Gasteiger partial charge in [0.15, 0.2) is 9.84 Å². The largest absolute Gasteiger partial charge is 0.481 e. The van der Waals surface area contributed by atoms with E-state index in [1.165, 1.54) is 18.2 Å². The first kappa shape index (κ1) is 15.1. The number of aliphatic carboxylic acids is 1. The molecule has 104 valence electrons. The molecule has 0 saturated carbocycles. The van der Waals surface area contributed by atoms with Crippen LogP contribution in [0, 0.1) is 10.1 Å². The summed E-state index contributed by atoms with van der Waals surface area (Å²) in [6.45, 7) is 0. The third-order valence-corrected chi connectivity index (χ3v) is 4.15. The average Bonchev–Trinajstić information content (AvgIpc) is 2.34. The maximum atomic E-state index is 11.6. The Hall–Kier alpha value is -1.96. The minimum Gasteiger partial charge on any atom is -0.481 e. The van der Waals surface area contributed by atoms with Crippen LogP contribution in [-0.2, 0) is 21.1 Å². The zero-order chi connectivity index (χ0) is 14.5. The highest BCUT2D eigenvalue weighted by molar-refractivity contribution is 7.91. The molecule has 0 spiro atoms. The fourth-order valence-electron chi connectivity index (χ4n) is 1.51. The Balaban J connectivity index is 2.72. The van der Waals surface area contributed by atoms with Crippen molar-refractivity contribution in [2.75, 3.05) is 11.5 Å². The maximum absolute atomic E-state index is 11.6. The lowest BCUT2D eigenvalue weighted by Gasteiger charge is -2.04. The molecule has 0 saturated heterocycles. The lowest BCUT2D eigenvalue weighted by Crippen LogP contribution is -2.16. The van der Waals surface area contributed by atoms with Gasteiger partial charge in [0.25, 0.3) is 5.69 Å². The number of carboxylic acids is 1. The van der Waals surface area contributed by atoms with Crippen LogP contribution in [0.15, 0.2) is 24.3 Å². The van der Waals surface area contributed by atoms with E-state index >= 15 is 0 Å². The molecule has 7 nitrogen and oxygen atoms in total. The van der Waals surface area contributed by atoms with Gasteiger partial charge in [-0.15, -0.1) is 0 Å². The molecule has 1 aromatic rings. The van der Waals surface area contributed by atoms with Crippen molar-refractivity contribution in [1.29, 1.82) is 0 Å². The molecule has 0 aliphatic rings. The number of para-hydroxylation sites is 1. The normalized spacial score (nSPS) is 11.2. The highest BCUT2D eigenvalue weighted by Gasteiger charge is 2.17. The number of nitrogens with zero attached hydrogens (tertiary/aromatic N) is 1. The van der Waals surface area contributed by atoms with Crippen LogP contribution in [-0.4, -0.2) is 35.9 Å². The standard InChI is InChI=1S/C11H13NO6S/c13-11(14)6-8-19(17,18)7-5-9-3-1-2-4-10(9)12(15)16/h1-4H,5-8H2,(H,13,14). The van der Waals surface area contributed by atoms with Gasteiger partial charge in [0.1, 0.15) is 0 Å². The maximum Gasteiger partial charge on any atom is 0.304 e. The van der Waals surface area contributed by atoms with Crippen molar-refractivity contribution >= 4 is 21.5 Å². The van der Waals surface area contributed by atoms with Crippen LogP contribution < -0.4 is 0 Å². The fraction of sp³-hybridized carbons (Fsp3) is 0.364. The van der Waals surface area contributed by atoms with Crippen LogP contribution >= 0.6 is 0 Å². The smallest absolute Gasteiger partial charge is 0.304 e. The molecule has 0 fully saturated rings. The van der Waals surface area contributed by atoms with E-state index in [0.29, 0.717) is 5.56 Å². The molecule has 0 aliphatic heterocycles. The Kier molecular flexibility index (Phi) is 4.99. The molecule has 1 N–H and O–H groups in total. The molecule has 0 amide bonds. The molecule has 0 atom stereocenters. The van der Waals surface area contributed by atoms with Crippen molar-refractivity contribution in [3.63, 3.8) is 0 Å². The number of carboxylic acid groups (broad SMARTS) is 1. The third-order valence-electron chi connectivity index (χ3n) is 2.50. The van der Waals surface area contributed by atoms with E-state index in [4.69, 9.17) is 5.11 Å². The van der Waals surface area contributed by atoms with Gasteiger partial charge in [-0.3, -0.25) is 14.9 Å². The summed E-state index contributed by atoms with van der Waals surface area (Å²) in [6, 6.07) is 5.89. The van der Waals surface area contributed by atoms with E-state index in [1.807, 2.05) is 0 Å². The van der Waals surface area contributed by atoms with Gasteiger partial charge in [-0.1, -0.05) is 18.2 Å². The Morgan fingerprint density at radius 2 is 1.89 bits per heavy atom. The van der Waals surface area contributed by atoms with Crippen LogP contribution in [0.5, 0.6) is 0 Å². The average molecular weight is 287 g/mol. The lowest BCUT2D eigenvalue weighted by atomic mass is 10.1. The highest BCUT2D eigenvalue weighted by atomic mass is 32.2. The predicted octanol–water partition coefficient (Wildman–Crippen LogP) is 1.03. The number of nitro benzene ring substituents is 1. The highest BCUT2D eigenvalue weighted by Crippen LogP contribution is 2.18. The summed E-state index contributed by atoms with van der Waals surface area (Å²) in [5, 5.41) is 19.2. The van der Waals surface area contributed by atoms with E-state index in [1.54, 1.807) is 6.07 Å². The molecule has 0 aliphatic carbocycles. The van der Waals surface area contributed by atoms with Crippen molar-refractivity contribution < 1.29 is 23.2 Å². The van der Waals surface area contributed by atoms with Crippen molar-refractivity contribution in [2.45, 2.75) is 12.8 Å². The van der Waals surface area contributed by atoms with E-state index in [9.17, 15) is 23.3 Å². The van der Waals surface area contributed by atoms with E-state index in [2.05, 4.69) is 0 Å². The summed E-state index contributed by atoms with van der Waals surface area (Å²) in [5.41, 5.74) is 0.197. The van der Waals surface area contributed by atoms with Crippen LogP contribution in [0.25, 0.3) is 0 Å². The molecule has 0 aromatic heterocycles. The molecule has 0 bridgehead atoms. The quantitative estimate of drug-likeness (QED) is 0.591. The number of carbonyl (C=O) groups is 1. The van der Waals surface area contributed by atoms with Crippen LogP contribution in [0.3, 0.4) is 0 Å². The molecular weight excluding hydrogens is 274 g/mol. The summed E-state index contributed by atoms with van der Waals surface area (Å²) >= 11 is 0.